The van der Waals surface area contributed by atoms with Gasteiger partial charge in [0.1, 0.15) is 11.1 Å². The van der Waals surface area contributed by atoms with Crippen LogP contribution in [-0.2, 0) is 13.0 Å². The molecule has 1 N–H and O–H groups in total. The molecule has 0 fully saturated rings. The zero-order valence-corrected chi connectivity index (χ0v) is 15.2. The van der Waals surface area contributed by atoms with Crippen LogP contribution in [0, 0.1) is 11.3 Å². The second-order valence-corrected chi connectivity index (χ2v) is 7.64. The average molecular weight is 360 g/mol. The second-order valence-electron chi connectivity index (χ2n) is 6.09. The Bertz CT molecular complexity index is 805. The molecule has 0 saturated carbocycles. The van der Waals surface area contributed by atoms with E-state index in [1.54, 1.807) is 24.3 Å². The van der Waals surface area contributed by atoms with Crippen LogP contribution in [0.25, 0.3) is 0 Å². The maximum atomic E-state index is 12.4. The monoisotopic (exact) mass is 359 g/mol. The molecule has 24 heavy (non-hydrogen) atoms. The lowest BCUT2D eigenvalue weighted by atomic mass is 10.0. The van der Waals surface area contributed by atoms with Crippen molar-refractivity contribution in [3.8, 4) is 6.07 Å². The molecule has 1 aliphatic rings. The molecular weight excluding hydrogens is 342 g/mol. The first-order valence-electron chi connectivity index (χ1n) is 7.85. The quantitative estimate of drug-likeness (QED) is 0.889. The number of amides is 1. The fourth-order valence-corrected chi connectivity index (χ4v) is 4.19. The summed E-state index contributed by atoms with van der Waals surface area (Å²) >= 11 is 7.37. The normalized spacial score (nSPS) is 14.3. The third-order valence-corrected chi connectivity index (χ3v) is 5.65. The molecule has 124 valence electrons. The Kier molecular flexibility index (Phi) is 4.91. The van der Waals surface area contributed by atoms with Crippen LogP contribution in [0.15, 0.2) is 24.3 Å². The summed E-state index contributed by atoms with van der Waals surface area (Å²) in [5.74, 6) is -0.220. The minimum atomic E-state index is -0.220. The molecule has 0 radical (unpaired) electrons. The first-order valence-corrected chi connectivity index (χ1v) is 9.04. The van der Waals surface area contributed by atoms with Gasteiger partial charge in [-0.2, -0.15) is 5.26 Å². The number of anilines is 1. The molecule has 1 aromatic carbocycles. The number of halogens is 1. The summed E-state index contributed by atoms with van der Waals surface area (Å²) in [7, 11) is 0. The summed E-state index contributed by atoms with van der Waals surface area (Å²) in [6, 6.07) is 9.46. The van der Waals surface area contributed by atoms with E-state index in [0.717, 1.165) is 25.1 Å². The molecule has 0 unspecified atom stereocenters. The van der Waals surface area contributed by atoms with E-state index >= 15 is 0 Å². The topological polar surface area (TPSA) is 56.1 Å². The SMILES string of the molecule is CC(C)N1CCc2c(sc(NC(=O)c3ccc(Cl)cc3)c2C#N)C1. The molecule has 0 bridgehead atoms. The van der Waals surface area contributed by atoms with Crippen LogP contribution >= 0.6 is 22.9 Å². The highest BCUT2D eigenvalue weighted by Crippen LogP contribution is 2.37. The predicted octanol–water partition coefficient (Wildman–Crippen LogP) is 4.29. The lowest BCUT2D eigenvalue weighted by Crippen LogP contribution is -2.35. The van der Waals surface area contributed by atoms with Crippen molar-refractivity contribution >= 4 is 33.8 Å². The molecule has 1 amide bonds. The molecule has 0 aliphatic carbocycles. The van der Waals surface area contributed by atoms with E-state index in [1.165, 1.54) is 16.2 Å². The highest BCUT2D eigenvalue weighted by atomic mass is 35.5. The summed E-state index contributed by atoms with van der Waals surface area (Å²) in [5.41, 5.74) is 2.23. The van der Waals surface area contributed by atoms with E-state index in [-0.39, 0.29) is 5.91 Å². The van der Waals surface area contributed by atoms with Gasteiger partial charge in [0.05, 0.1) is 5.56 Å². The highest BCUT2D eigenvalue weighted by molar-refractivity contribution is 7.16. The molecule has 2 heterocycles. The van der Waals surface area contributed by atoms with Crippen LogP contribution in [0.1, 0.15) is 40.2 Å². The fourth-order valence-electron chi connectivity index (χ4n) is 2.85. The molecule has 6 heteroatoms. The van der Waals surface area contributed by atoms with Crippen molar-refractivity contribution in [1.29, 1.82) is 5.26 Å². The van der Waals surface area contributed by atoms with Gasteiger partial charge >= 0.3 is 0 Å². The molecule has 4 nitrogen and oxygen atoms in total. The zero-order chi connectivity index (χ0) is 17.3. The van der Waals surface area contributed by atoms with Crippen molar-refractivity contribution in [1.82, 2.24) is 4.90 Å². The van der Waals surface area contributed by atoms with Gasteiger partial charge in [-0.3, -0.25) is 9.69 Å². The van der Waals surface area contributed by atoms with Crippen molar-refractivity contribution < 1.29 is 4.79 Å². The van der Waals surface area contributed by atoms with Gasteiger partial charge in [0.25, 0.3) is 5.91 Å². The zero-order valence-electron chi connectivity index (χ0n) is 13.6. The van der Waals surface area contributed by atoms with E-state index < -0.39 is 0 Å². The number of hydrogen-bond donors (Lipinski definition) is 1. The number of carbonyl (C=O) groups is 1. The Hall–Kier alpha value is -1.87. The first-order chi connectivity index (χ1) is 11.5. The van der Waals surface area contributed by atoms with Gasteiger partial charge in [0.15, 0.2) is 0 Å². The van der Waals surface area contributed by atoms with Gasteiger partial charge in [-0.15, -0.1) is 11.3 Å². The van der Waals surface area contributed by atoms with Crippen molar-refractivity contribution in [2.45, 2.75) is 32.9 Å². The van der Waals surface area contributed by atoms with E-state index in [0.29, 0.717) is 27.2 Å². The summed E-state index contributed by atoms with van der Waals surface area (Å²) in [4.78, 5) is 16.0. The number of benzene rings is 1. The Morgan fingerprint density at radius 2 is 2.08 bits per heavy atom. The van der Waals surface area contributed by atoms with Crippen LogP contribution in [-0.4, -0.2) is 23.4 Å². The van der Waals surface area contributed by atoms with Gasteiger partial charge in [0.2, 0.25) is 0 Å². The lowest BCUT2D eigenvalue weighted by Gasteiger charge is -2.30. The Morgan fingerprint density at radius 3 is 2.71 bits per heavy atom. The molecule has 1 aromatic heterocycles. The number of carbonyl (C=O) groups excluding carboxylic acids is 1. The van der Waals surface area contributed by atoms with Crippen molar-refractivity contribution in [2.24, 2.45) is 0 Å². The molecule has 2 aromatic rings. The first kappa shape index (κ1) is 17.0. The van der Waals surface area contributed by atoms with Gasteiger partial charge in [-0.25, -0.2) is 0 Å². The second kappa shape index (κ2) is 6.94. The number of nitrogens with one attached hydrogen (secondary N) is 1. The highest BCUT2D eigenvalue weighted by Gasteiger charge is 2.26. The maximum Gasteiger partial charge on any atom is 0.256 e. The van der Waals surface area contributed by atoms with E-state index in [1.807, 2.05) is 0 Å². The van der Waals surface area contributed by atoms with Crippen molar-refractivity contribution in [3.63, 3.8) is 0 Å². The molecule has 3 rings (SSSR count). The lowest BCUT2D eigenvalue weighted by molar-refractivity contribution is 0.102. The van der Waals surface area contributed by atoms with E-state index in [9.17, 15) is 10.1 Å². The Morgan fingerprint density at radius 1 is 1.38 bits per heavy atom. The fraction of sp³-hybridized carbons (Fsp3) is 0.333. The third-order valence-electron chi connectivity index (χ3n) is 4.26. The largest absolute Gasteiger partial charge is 0.312 e. The number of hydrogen-bond acceptors (Lipinski definition) is 4. The predicted molar refractivity (Wildman–Crippen MR) is 97.7 cm³/mol. The number of thiophene rings is 1. The minimum Gasteiger partial charge on any atom is -0.312 e. The van der Waals surface area contributed by atoms with Crippen molar-refractivity contribution in [3.05, 3.63) is 50.9 Å². The van der Waals surface area contributed by atoms with Crippen LogP contribution in [0.4, 0.5) is 5.00 Å². The van der Waals surface area contributed by atoms with Gasteiger partial charge in [-0.05, 0) is 50.1 Å². The van der Waals surface area contributed by atoms with E-state index in [4.69, 9.17) is 11.6 Å². The number of fused-ring (bicyclic) bond motifs is 1. The number of rotatable bonds is 3. The third kappa shape index (κ3) is 3.32. The molecule has 1 aliphatic heterocycles. The smallest absolute Gasteiger partial charge is 0.256 e. The standard InChI is InChI=1S/C18H18ClN3OS/c1-11(2)22-8-7-14-15(9-20)18(24-16(14)10-22)21-17(23)12-3-5-13(19)6-4-12/h3-6,11H,7-8,10H2,1-2H3,(H,21,23). The maximum absolute atomic E-state index is 12.4. The molecule has 0 saturated heterocycles. The van der Waals surface area contributed by atoms with Crippen LogP contribution < -0.4 is 5.32 Å². The Balaban J connectivity index is 1.85. The Labute approximate surface area is 150 Å². The van der Waals surface area contributed by atoms with Gasteiger partial charge in [0, 0.05) is 34.6 Å². The van der Waals surface area contributed by atoms with Crippen LogP contribution in [0.5, 0.6) is 0 Å². The van der Waals surface area contributed by atoms with Gasteiger partial charge in [-0.1, -0.05) is 11.6 Å². The minimum absolute atomic E-state index is 0.220. The molecule has 0 spiro atoms. The van der Waals surface area contributed by atoms with E-state index in [2.05, 4.69) is 30.1 Å². The molecular formula is C18H18ClN3OS. The van der Waals surface area contributed by atoms with Crippen LogP contribution in [0.2, 0.25) is 5.02 Å². The summed E-state index contributed by atoms with van der Waals surface area (Å²) < 4.78 is 0. The number of nitriles is 1. The van der Waals surface area contributed by atoms with Gasteiger partial charge < -0.3 is 5.32 Å². The number of nitrogens with zero attached hydrogens (tertiary/aromatic N) is 2. The summed E-state index contributed by atoms with van der Waals surface area (Å²) in [6.07, 6.45) is 0.851. The summed E-state index contributed by atoms with van der Waals surface area (Å²) in [5, 5.41) is 13.7. The summed E-state index contributed by atoms with van der Waals surface area (Å²) in [6.45, 7) is 6.13. The average Bonchev–Trinajstić information content (AvgIpc) is 2.91. The molecule has 0 atom stereocenters. The van der Waals surface area contributed by atoms with Crippen LogP contribution in [0.3, 0.4) is 0 Å². The van der Waals surface area contributed by atoms with Crippen molar-refractivity contribution in [2.75, 3.05) is 11.9 Å².